The Morgan fingerprint density at radius 1 is 0.488 bits per heavy atom. The average molecular weight is 539 g/mol. The molecule has 6 aromatic rings. The van der Waals surface area contributed by atoms with Crippen LogP contribution in [0.25, 0.3) is 21.5 Å². The van der Waals surface area contributed by atoms with Gasteiger partial charge in [-0.05, 0) is 87.6 Å². The summed E-state index contributed by atoms with van der Waals surface area (Å²) in [5, 5.41) is 29.9. The number of amides is 2. The van der Waals surface area contributed by atoms with Crippen molar-refractivity contribution in [3.8, 4) is 11.5 Å². The molecular weight excluding hydrogens is 512 g/mol. The molecule has 41 heavy (non-hydrogen) atoms. The average Bonchev–Trinajstić information content (AvgIpc) is 2.98. The highest BCUT2D eigenvalue weighted by Gasteiger charge is 2.14. The molecule has 0 saturated carbocycles. The number of hydrogen-bond donors (Lipinski definition) is 4. The van der Waals surface area contributed by atoms with Gasteiger partial charge in [0.25, 0.3) is 11.8 Å². The molecule has 6 heteroatoms. The zero-order chi connectivity index (χ0) is 28.3. The smallest absolute Gasteiger partial charge is 0.259 e. The molecule has 0 aliphatic carbocycles. The monoisotopic (exact) mass is 538 g/mol. The molecule has 200 valence electrons. The van der Waals surface area contributed by atoms with E-state index < -0.39 is 0 Å². The van der Waals surface area contributed by atoms with Gasteiger partial charge in [0, 0.05) is 11.4 Å². The summed E-state index contributed by atoms with van der Waals surface area (Å²) >= 11 is 0. The number of rotatable bonds is 6. The lowest BCUT2D eigenvalue weighted by Gasteiger charge is -2.10. The summed E-state index contributed by atoms with van der Waals surface area (Å²) in [4.78, 5) is 25.6. The van der Waals surface area contributed by atoms with Crippen LogP contribution >= 0.6 is 0 Å². The molecule has 4 N–H and O–H groups in total. The molecule has 0 aromatic heterocycles. The van der Waals surface area contributed by atoms with Gasteiger partial charge in [-0.3, -0.25) is 9.59 Å². The molecule has 0 atom stereocenters. The second-order valence-electron chi connectivity index (χ2n) is 9.91. The van der Waals surface area contributed by atoms with E-state index in [0.717, 1.165) is 32.7 Å². The summed E-state index contributed by atoms with van der Waals surface area (Å²) in [6.45, 7) is 0. The third-order valence-electron chi connectivity index (χ3n) is 7.05. The number of hydrogen-bond acceptors (Lipinski definition) is 4. The van der Waals surface area contributed by atoms with Crippen LogP contribution in [0.4, 0.5) is 11.4 Å². The summed E-state index contributed by atoms with van der Waals surface area (Å²) < 4.78 is 0. The molecule has 6 nitrogen and oxygen atoms in total. The number of benzene rings is 6. The maximum atomic E-state index is 12.8. The molecular formula is C35H26N2O4. The second kappa shape index (κ2) is 10.9. The molecule has 0 unspecified atom stereocenters. The summed E-state index contributed by atoms with van der Waals surface area (Å²) in [6.07, 6.45) is 0.666. The first-order valence-corrected chi connectivity index (χ1v) is 13.2. The fourth-order valence-electron chi connectivity index (χ4n) is 4.86. The first-order chi connectivity index (χ1) is 19.9. The van der Waals surface area contributed by atoms with E-state index in [4.69, 9.17) is 0 Å². The van der Waals surface area contributed by atoms with Crippen molar-refractivity contribution in [2.24, 2.45) is 0 Å². The van der Waals surface area contributed by atoms with Crippen molar-refractivity contribution in [1.29, 1.82) is 0 Å². The van der Waals surface area contributed by atoms with Gasteiger partial charge in [-0.15, -0.1) is 0 Å². The van der Waals surface area contributed by atoms with Gasteiger partial charge in [0.2, 0.25) is 0 Å². The van der Waals surface area contributed by atoms with Gasteiger partial charge in [0.1, 0.15) is 11.5 Å². The molecule has 0 saturated heterocycles. The van der Waals surface area contributed by atoms with Crippen LogP contribution in [0, 0.1) is 0 Å². The van der Waals surface area contributed by atoms with E-state index in [0.29, 0.717) is 17.8 Å². The van der Waals surface area contributed by atoms with E-state index in [9.17, 15) is 19.8 Å². The minimum absolute atomic E-state index is 0.0634. The van der Waals surface area contributed by atoms with Crippen LogP contribution in [0.3, 0.4) is 0 Å². The van der Waals surface area contributed by atoms with Crippen molar-refractivity contribution in [2.45, 2.75) is 6.42 Å². The van der Waals surface area contributed by atoms with E-state index in [1.165, 1.54) is 0 Å². The van der Waals surface area contributed by atoms with Crippen LogP contribution in [0.1, 0.15) is 31.8 Å². The molecule has 0 aliphatic heterocycles. The van der Waals surface area contributed by atoms with Crippen LogP contribution in [0.15, 0.2) is 121 Å². The lowest BCUT2D eigenvalue weighted by atomic mass is 10.0. The van der Waals surface area contributed by atoms with Crippen LogP contribution < -0.4 is 10.6 Å². The highest BCUT2D eigenvalue weighted by atomic mass is 16.3. The second-order valence-corrected chi connectivity index (χ2v) is 9.91. The first-order valence-electron chi connectivity index (χ1n) is 13.2. The zero-order valence-electron chi connectivity index (χ0n) is 22.0. The fraction of sp³-hybridized carbons (Fsp3) is 0.0286. The van der Waals surface area contributed by atoms with Gasteiger partial charge in [-0.2, -0.15) is 0 Å². The van der Waals surface area contributed by atoms with Crippen molar-refractivity contribution < 1.29 is 19.8 Å². The van der Waals surface area contributed by atoms with E-state index in [1.807, 2.05) is 97.1 Å². The van der Waals surface area contributed by atoms with Crippen molar-refractivity contribution >= 4 is 44.7 Å². The highest BCUT2D eigenvalue weighted by molar-refractivity contribution is 6.09. The Kier molecular flexibility index (Phi) is 6.80. The largest absolute Gasteiger partial charge is 0.507 e. The number of nitrogens with one attached hydrogen (secondary N) is 2. The predicted octanol–water partition coefficient (Wildman–Crippen LogP) is 7.50. The molecule has 0 bridgehead atoms. The molecule has 0 heterocycles. The number of fused-ring (bicyclic) bond motifs is 2. The predicted molar refractivity (Wildman–Crippen MR) is 163 cm³/mol. The summed E-state index contributed by atoms with van der Waals surface area (Å²) in [5.41, 5.74) is 3.79. The van der Waals surface area contributed by atoms with E-state index in [1.54, 1.807) is 24.3 Å². The standard InChI is InChI=1S/C35H26N2O4/c38-32-20-26-7-3-1-5-24(26)18-30(32)34(40)36-28-13-9-22(10-14-28)17-23-11-15-29(16-12-23)37-35(41)31-19-25-6-2-4-8-27(25)21-33(31)39/h1-16,18-21,38-39H,17H2,(H,36,40)(H,37,41). The molecule has 0 spiro atoms. The first kappa shape index (κ1) is 25.6. The van der Waals surface area contributed by atoms with Crippen molar-refractivity contribution in [2.75, 3.05) is 10.6 Å². The third-order valence-corrected chi connectivity index (χ3v) is 7.05. The van der Waals surface area contributed by atoms with Gasteiger partial charge in [0.15, 0.2) is 0 Å². The zero-order valence-corrected chi connectivity index (χ0v) is 22.0. The molecule has 0 aliphatic rings. The number of carbonyl (C=O) groups is 2. The molecule has 2 amide bonds. The Bertz CT molecular complexity index is 1770. The van der Waals surface area contributed by atoms with Gasteiger partial charge in [-0.1, -0.05) is 72.8 Å². The lowest BCUT2D eigenvalue weighted by Crippen LogP contribution is -2.12. The van der Waals surface area contributed by atoms with E-state index in [2.05, 4.69) is 10.6 Å². The molecule has 6 rings (SSSR count). The molecule has 0 radical (unpaired) electrons. The Labute approximate surface area is 236 Å². The normalized spacial score (nSPS) is 10.9. The van der Waals surface area contributed by atoms with Gasteiger partial charge >= 0.3 is 0 Å². The number of phenolic OH excluding ortho intramolecular Hbond substituents is 2. The Morgan fingerprint density at radius 3 is 1.20 bits per heavy atom. The summed E-state index contributed by atoms with van der Waals surface area (Å²) in [6, 6.07) is 36.8. The Morgan fingerprint density at radius 2 is 0.829 bits per heavy atom. The molecule has 6 aromatic carbocycles. The minimum atomic E-state index is -0.379. The quantitative estimate of drug-likeness (QED) is 0.176. The van der Waals surface area contributed by atoms with Crippen molar-refractivity contribution in [3.63, 3.8) is 0 Å². The summed E-state index contributed by atoms with van der Waals surface area (Å²) in [7, 11) is 0. The lowest BCUT2D eigenvalue weighted by molar-refractivity contribution is 0.101. The summed E-state index contributed by atoms with van der Waals surface area (Å²) in [5.74, 6) is -0.885. The third kappa shape index (κ3) is 5.58. The van der Waals surface area contributed by atoms with Gasteiger partial charge < -0.3 is 20.8 Å². The van der Waals surface area contributed by atoms with Crippen molar-refractivity contribution in [3.05, 3.63) is 144 Å². The number of carbonyl (C=O) groups excluding carboxylic acids is 2. The minimum Gasteiger partial charge on any atom is -0.507 e. The Hall–Kier alpha value is -5.62. The van der Waals surface area contributed by atoms with E-state index >= 15 is 0 Å². The SMILES string of the molecule is O=C(Nc1ccc(Cc2ccc(NC(=O)c3cc4ccccc4cc3O)cc2)cc1)c1cc2ccccc2cc1O. The van der Waals surface area contributed by atoms with Gasteiger partial charge in [0.05, 0.1) is 11.1 Å². The van der Waals surface area contributed by atoms with Crippen LogP contribution in [0.5, 0.6) is 11.5 Å². The maximum absolute atomic E-state index is 12.8. The number of anilines is 2. The number of aromatic hydroxyl groups is 2. The van der Waals surface area contributed by atoms with Crippen LogP contribution in [-0.2, 0) is 6.42 Å². The topological polar surface area (TPSA) is 98.7 Å². The molecule has 0 fully saturated rings. The van der Waals surface area contributed by atoms with Gasteiger partial charge in [-0.25, -0.2) is 0 Å². The maximum Gasteiger partial charge on any atom is 0.259 e. The van der Waals surface area contributed by atoms with Crippen molar-refractivity contribution in [1.82, 2.24) is 0 Å². The highest BCUT2D eigenvalue weighted by Crippen LogP contribution is 2.27. The number of phenols is 2. The van der Waals surface area contributed by atoms with Crippen LogP contribution in [-0.4, -0.2) is 22.0 Å². The fourth-order valence-corrected chi connectivity index (χ4v) is 4.86. The van der Waals surface area contributed by atoms with Crippen LogP contribution in [0.2, 0.25) is 0 Å². The Balaban J connectivity index is 1.08. The van der Waals surface area contributed by atoms with E-state index in [-0.39, 0.29) is 34.4 Å².